The van der Waals surface area contributed by atoms with Gasteiger partial charge in [-0.15, -0.1) is 11.3 Å². The molecule has 17 heavy (non-hydrogen) atoms. The van der Waals surface area contributed by atoms with Gasteiger partial charge in [-0.1, -0.05) is 0 Å². The minimum atomic E-state index is 0.612. The van der Waals surface area contributed by atoms with E-state index in [0.717, 1.165) is 26.2 Å². The molecular weight excluding hydrogens is 232 g/mol. The molecule has 5 heteroatoms. The summed E-state index contributed by atoms with van der Waals surface area (Å²) in [6.07, 6.45) is 0. The number of rotatable bonds is 3. The smallest absolute Gasteiger partial charge is 0.185 e. The first-order chi connectivity index (χ1) is 8.11. The second-order valence-corrected chi connectivity index (χ2v) is 5.87. The molecule has 1 aromatic heterocycles. The first-order valence-corrected chi connectivity index (χ1v) is 6.99. The third-order valence-electron chi connectivity index (χ3n) is 3.45. The van der Waals surface area contributed by atoms with E-state index in [2.05, 4.69) is 36.0 Å². The highest BCUT2D eigenvalue weighted by molar-refractivity contribution is 7.15. The molecule has 0 aliphatic carbocycles. The van der Waals surface area contributed by atoms with Crippen LogP contribution in [0.5, 0.6) is 0 Å². The maximum atomic E-state index is 4.70. The summed E-state index contributed by atoms with van der Waals surface area (Å²) in [6, 6.07) is 0.612. The van der Waals surface area contributed by atoms with E-state index in [1.165, 1.54) is 15.7 Å². The molecule has 0 spiro atoms. The molecule has 1 N–H and O–H groups in total. The van der Waals surface area contributed by atoms with Crippen molar-refractivity contribution in [3.05, 3.63) is 10.6 Å². The van der Waals surface area contributed by atoms with Crippen LogP contribution in [0, 0.1) is 6.92 Å². The van der Waals surface area contributed by atoms with E-state index in [0.29, 0.717) is 6.04 Å². The zero-order chi connectivity index (χ0) is 12.4. The second kappa shape index (κ2) is 5.33. The highest BCUT2D eigenvalue weighted by Crippen LogP contribution is 2.27. The molecule has 2 rings (SSSR count). The number of nitrogens with zero attached hydrogens (tertiary/aromatic N) is 3. The fraction of sp³-hybridized carbons (Fsp3) is 0.750. The van der Waals surface area contributed by atoms with E-state index in [9.17, 15) is 0 Å². The van der Waals surface area contributed by atoms with Crippen LogP contribution in [0.25, 0.3) is 0 Å². The number of aromatic nitrogens is 1. The van der Waals surface area contributed by atoms with Crippen molar-refractivity contribution in [2.45, 2.75) is 26.4 Å². The molecule has 1 aliphatic rings. The van der Waals surface area contributed by atoms with Gasteiger partial charge in [-0.05, 0) is 27.9 Å². The molecule has 1 fully saturated rings. The molecule has 1 atom stereocenters. The number of aryl methyl sites for hydroxylation is 1. The Kier molecular flexibility index (Phi) is 4.01. The largest absolute Gasteiger partial charge is 0.345 e. The lowest BCUT2D eigenvalue weighted by atomic mass is 10.2. The quantitative estimate of drug-likeness (QED) is 0.881. The maximum absolute atomic E-state index is 4.70. The van der Waals surface area contributed by atoms with Gasteiger partial charge in [0, 0.05) is 37.1 Å². The fourth-order valence-corrected chi connectivity index (χ4v) is 3.20. The van der Waals surface area contributed by atoms with Gasteiger partial charge in [-0.2, -0.15) is 0 Å². The second-order valence-electron chi connectivity index (χ2n) is 4.81. The average Bonchev–Trinajstić information content (AvgIpc) is 2.65. The van der Waals surface area contributed by atoms with Gasteiger partial charge in [-0.25, -0.2) is 4.98 Å². The number of hydrogen-bond acceptors (Lipinski definition) is 5. The lowest BCUT2D eigenvalue weighted by Crippen LogP contribution is -2.50. The van der Waals surface area contributed by atoms with Gasteiger partial charge in [0.05, 0.1) is 5.69 Å². The summed E-state index contributed by atoms with van der Waals surface area (Å²) >= 11 is 1.83. The van der Waals surface area contributed by atoms with Crippen molar-refractivity contribution in [1.82, 2.24) is 15.2 Å². The van der Waals surface area contributed by atoms with E-state index in [1.807, 2.05) is 18.4 Å². The number of piperazine rings is 1. The molecule has 0 saturated carbocycles. The van der Waals surface area contributed by atoms with Crippen LogP contribution in [0.1, 0.15) is 17.5 Å². The summed E-state index contributed by atoms with van der Waals surface area (Å²) in [5.41, 5.74) is 1.17. The summed E-state index contributed by atoms with van der Waals surface area (Å²) < 4.78 is 0. The number of thiazole rings is 1. The summed E-state index contributed by atoms with van der Waals surface area (Å²) in [5, 5.41) is 4.39. The number of hydrogen-bond donors (Lipinski definition) is 1. The van der Waals surface area contributed by atoms with Crippen LogP contribution in [0.2, 0.25) is 0 Å². The van der Waals surface area contributed by atoms with Crippen molar-refractivity contribution >= 4 is 16.5 Å². The lowest BCUT2D eigenvalue weighted by molar-refractivity contribution is 0.234. The molecule has 96 valence electrons. The molecule has 2 heterocycles. The summed E-state index contributed by atoms with van der Waals surface area (Å²) in [5.74, 6) is 0. The Morgan fingerprint density at radius 2 is 2.24 bits per heavy atom. The average molecular weight is 254 g/mol. The van der Waals surface area contributed by atoms with Gasteiger partial charge in [0.15, 0.2) is 5.13 Å². The third kappa shape index (κ3) is 2.78. The molecule has 1 aliphatic heterocycles. The topological polar surface area (TPSA) is 31.4 Å². The standard InChI is InChI=1S/C12H22N4S/c1-9-8-16(6-5-15(9)4)12-14-10(2)11(17-12)7-13-3/h9,13H,5-8H2,1-4H3. The number of nitrogens with one attached hydrogen (secondary N) is 1. The summed E-state index contributed by atoms with van der Waals surface area (Å²) in [6.45, 7) is 8.61. The van der Waals surface area contributed by atoms with E-state index >= 15 is 0 Å². The van der Waals surface area contributed by atoms with Crippen LogP contribution in [0.4, 0.5) is 5.13 Å². The first-order valence-electron chi connectivity index (χ1n) is 6.18. The van der Waals surface area contributed by atoms with Gasteiger partial charge in [0.2, 0.25) is 0 Å². The number of anilines is 1. The zero-order valence-electron chi connectivity index (χ0n) is 11.2. The minimum absolute atomic E-state index is 0.612. The maximum Gasteiger partial charge on any atom is 0.185 e. The van der Waals surface area contributed by atoms with Gasteiger partial charge in [0.25, 0.3) is 0 Å². The molecule has 1 saturated heterocycles. The molecule has 4 nitrogen and oxygen atoms in total. The SMILES string of the molecule is CNCc1sc(N2CCN(C)C(C)C2)nc1C. The molecular formula is C12H22N4S. The highest BCUT2D eigenvalue weighted by Gasteiger charge is 2.23. The van der Waals surface area contributed by atoms with Crippen molar-refractivity contribution in [2.24, 2.45) is 0 Å². The number of likely N-dealkylation sites (N-methyl/N-ethyl adjacent to an activating group) is 1. The molecule has 0 radical (unpaired) electrons. The Morgan fingerprint density at radius 3 is 2.88 bits per heavy atom. The van der Waals surface area contributed by atoms with Crippen LogP contribution in [-0.4, -0.2) is 49.7 Å². The van der Waals surface area contributed by atoms with Gasteiger partial charge in [-0.3, -0.25) is 0 Å². The van der Waals surface area contributed by atoms with Crippen LogP contribution in [0.3, 0.4) is 0 Å². The van der Waals surface area contributed by atoms with Crippen molar-refractivity contribution in [2.75, 3.05) is 38.6 Å². The van der Waals surface area contributed by atoms with Gasteiger partial charge >= 0.3 is 0 Å². The molecule has 1 aromatic rings. The Balaban J connectivity index is 2.09. The van der Waals surface area contributed by atoms with Gasteiger partial charge in [0.1, 0.15) is 0 Å². The van der Waals surface area contributed by atoms with Crippen LogP contribution in [-0.2, 0) is 6.54 Å². The molecule has 0 bridgehead atoms. The zero-order valence-corrected chi connectivity index (χ0v) is 12.0. The Hall–Kier alpha value is -0.650. The molecule has 0 aromatic carbocycles. The molecule has 0 amide bonds. The van der Waals surface area contributed by atoms with E-state index < -0.39 is 0 Å². The van der Waals surface area contributed by atoms with Crippen molar-refractivity contribution in [3.63, 3.8) is 0 Å². The predicted octanol–water partition coefficient (Wildman–Crippen LogP) is 1.31. The normalized spacial score (nSPS) is 22.1. The van der Waals surface area contributed by atoms with E-state index in [-0.39, 0.29) is 0 Å². The molecule has 1 unspecified atom stereocenters. The van der Waals surface area contributed by atoms with E-state index in [4.69, 9.17) is 4.98 Å². The summed E-state index contributed by atoms with van der Waals surface area (Å²) in [7, 11) is 4.18. The fourth-order valence-electron chi connectivity index (χ4n) is 2.09. The van der Waals surface area contributed by atoms with E-state index in [1.54, 1.807) is 0 Å². The first kappa shape index (κ1) is 12.8. The predicted molar refractivity (Wildman–Crippen MR) is 73.9 cm³/mol. The van der Waals surface area contributed by atoms with Crippen LogP contribution < -0.4 is 10.2 Å². The Bertz CT molecular complexity index is 377. The van der Waals surface area contributed by atoms with Crippen molar-refractivity contribution in [1.29, 1.82) is 0 Å². The summed E-state index contributed by atoms with van der Waals surface area (Å²) in [4.78, 5) is 10.9. The Labute approximate surface area is 108 Å². The van der Waals surface area contributed by atoms with Crippen molar-refractivity contribution in [3.8, 4) is 0 Å². The highest BCUT2D eigenvalue weighted by atomic mass is 32.1. The lowest BCUT2D eigenvalue weighted by Gasteiger charge is -2.37. The minimum Gasteiger partial charge on any atom is -0.345 e. The van der Waals surface area contributed by atoms with Crippen molar-refractivity contribution < 1.29 is 0 Å². The van der Waals surface area contributed by atoms with Crippen LogP contribution >= 0.6 is 11.3 Å². The third-order valence-corrected chi connectivity index (χ3v) is 4.67. The Morgan fingerprint density at radius 1 is 1.47 bits per heavy atom. The monoisotopic (exact) mass is 254 g/mol. The van der Waals surface area contributed by atoms with Crippen LogP contribution in [0.15, 0.2) is 0 Å². The van der Waals surface area contributed by atoms with Gasteiger partial charge < -0.3 is 15.1 Å².